The van der Waals surface area contributed by atoms with Crippen LogP contribution in [0.1, 0.15) is 63.4 Å². The van der Waals surface area contributed by atoms with E-state index in [1.165, 1.54) is 9.47 Å². The number of piperazine rings is 1. The van der Waals surface area contributed by atoms with Gasteiger partial charge in [-0.15, -0.1) is 0 Å². The summed E-state index contributed by atoms with van der Waals surface area (Å²) >= 11 is 0. The quantitative estimate of drug-likeness (QED) is 0.247. The second kappa shape index (κ2) is 11.2. The minimum Gasteiger partial charge on any atom is -0.477 e. The Balaban J connectivity index is 0.000000392. The summed E-state index contributed by atoms with van der Waals surface area (Å²) in [5.41, 5.74) is 5.04. The number of carbonyl (C=O) groups is 1. The highest BCUT2D eigenvalue weighted by molar-refractivity contribution is 5.94. The number of hydrogen-bond donors (Lipinski definition) is 2. The van der Waals surface area contributed by atoms with E-state index in [0.29, 0.717) is 25.3 Å². The average Bonchev–Trinajstić information content (AvgIpc) is 3.62. The largest absolute Gasteiger partial charge is 0.477 e. The lowest BCUT2D eigenvalue weighted by molar-refractivity contribution is 0.0694. The third kappa shape index (κ3) is 5.76. The number of nitrogens with one attached hydrogen (secondary N) is 1. The number of carboxylic acids is 1. The van der Waals surface area contributed by atoms with Gasteiger partial charge in [-0.05, 0) is 44.6 Å². The van der Waals surface area contributed by atoms with Crippen LogP contribution in [0.15, 0.2) is 16.1 Å². The first-order valence-electron chi connectivity index (χ1n) is 12.0. The zero-order valence-electron chi connectivity index (χ0n) is 20.8. The van der Waals surface area contributed by atoms with Gasteiger partial charge in [-0.25, -0.2) is 18.0 Å². The summed E-state index contributed by atoms with van der Waals surface area (Å²) in [5, 5.41) is 15.0. The molecule has 196 valence electrons. The molecule has 2 aromatic rings. The molecule has 1 saturated carbocycles. The van der Waals surface area contributed by atoms with Gasteiger partial charge in [0.05, 0.1) is 10.9 Å². The van der Waals surface area contributed by atoms with E-state index in [1.807, 2.05) is 13.8 Å². The van der Waals surface area contributed by atoms with E-state index in [0.717, 1.165) is 12.6 Å². The topological polar surface area (TPSA) is 123 Å². The highest BCUT2D eigenvalue weighted by Gasteiger charge is 2.35. The van der Waals surface area contributed by atoms with Crippen LogP contribution in [-0.4, -0.2) is 47.4 Å². The predicted molar refractivity (Wildman–Crippen MR) is 131 cm³/mol. The van der Waals surface area contributed by atoms with Crippen molar-refractivity contribution in [3.05, 3.63) is 49.9 Å². The van der Waals surface area contributed by atoms with Crippen molar-refractivity contribution < 1.29 is 23.1 Å². The van der Waals surface area contributed by atoms with Gasteiger partial charge in [-0.3, -0.25) is 4.79 Å². The molecule has 1 aromatic heterocycles. The Kier molecular flexibility index (Phi) is 8.52. The van der Waals surface area contributed by atoms with Crippen molar-refractivity contribution in [1.82, 2.24) is 9.88 Å². The van der Waals surface area contributed by atoms with Crippen LogP contribution in [-0.2, 0) is 0 Å². The number of rotatable bonds is 6. The smallest absolute Gasteiger partial charge is 0.341 e. The molecule has 0 amide bonds. The molecule has 12 heteroatoms. The fourth-order valence-electron chi connectivity index (χ4n) is 4.42. The molecule has 1 aliphatic carbocycles. The van der Waals surface area contributed by atoms with Crippen molar-refractivity contribution in [3.8, 4) is 0 Å². The summed E-state index contributed by atoms with van der Waals surface area (Å²) < 4.78 is 46.7. The molecular weight excluding hydrogens is 477 g/mol. The summed E-state index contributed by atoms with van der Waals surface area (Å²) in [5.74, 6) is -4.92. The minimum atomic E-state index is -1.56. The van der Waals surface area contributed by atoms with Crippen LogP contribution in [0, 0.1) is 23.4 Å². The van der Waals surface area contributed by atoms with Crippen LogP contribution in [0.5, 0.6) is 0 Å². The van der Waals surface area contributed by atoms with Gasteiger partial charge in [0.1, 0.15) is 11.3 Å². The number of halogens is 3. The van der Waals surface area contributed by atoms with E-state index in [2.05, 4.69) is 29.2 Å². The maximum atomic E-state index is 15.5. The lowest BCUT2D eigenvalue weighted by atomic mass is 10.1. The first kappa shape index (κ1) is 27.3. The number of carboxylic acid groups (broad SMARTS) is 1. The van der Waals surface area contributed by atoms with E-state index in [1.54, 1.807) is 0 Å². The Labute approximate surface area is 206 Å². The van der Waals surface area contributed by atoms with Gasteiger partial charge in [-0.2, -0.15) is 0 Å². The number of pyridine rings is 1. The normalized spacial score (nSPS) is 19.6. The van der Waals surface area contributed by atoms with Gasteiger partial charge in [0.2, 0.25) is 5.43 Å². The zero-order chi connectivity index (χ0) is 26.7. The summed E-state index contributed by atoms with van der Waals surface area (Å²) in [6.07, 6.45) is 3.32. The molecule has 0 spiro atoms. The molecule has 2 aliphatic rings. The Hall–Kier alpha value is -3.24. The van der Waals surface area contributed by atoms with Crippen LogP contribution in [0.3, 0.4) is 0 Å². The van der Waals surface area contributed by atoms with E-state index in [9.17, 15) is 23.5 Å². The number of hydrogen-bond acceptors (Lipinski definition) is 5. The molecule has 0 radical (unpaired) electrons. The maximum Gasteiger partial charge on any atom is 0.341 e. The Bertz CT molecular complexity index is 1240. The third-order valence-electron chi connectivity index (χ3n) is 6.18. The van der Waals surface area contributed by atoms with E-state index < -0.39 is 45.5 Å². The van der Waals surface area contributed by atoms with Crippen LogP contribution >= 0.6 is 0 Å². The van der Waals surface area contributed by atoms with Crippen molar-refractivity contribution in [1.29, 1.82) is 0 Å². The lowest BCUT2D eigenvalue weighted by Crippen LogP contribution is -2.54. The number of fused-ring (bicyclic) bond motifs is 1. The molecule has 1 aromatic carbocycles. The molecular formula is C24H31F3N6O3. The maximum absolute atomic E-state index is 15.5. The average molecular weight is 509 g/mol. The standard InChI is InChI=1S/C19H20F3N3O3.C5H11N3/c1-8-5-24(6-9(2)23-8)17-14(21)13(20)12-16(15(17)22)25(10-3-4-10)7-11(18(12)26)19(27)28;1-5(2)3-4-7-8-6/h7-10,23H,3-6H2,1-2H3,(H,27,28);5H,3-4H2,1-2H3/t8-,9+;. The van der Waals surface area contributed by atoms with Crippen LogP contribution < -0.4 is 15.6 Å². The molecule has 2 fully saturated rings. The monoisotopic (exact) mass is 508 g/mol. The van der Waals surface area contributed by atoms with Crippen LogP contribution in [0.4, 0.5) is 18.9 Å². The van der Waals surface area contributed by atoms with Crippen LogP contribution in [0.2, 0.25) is 0 Å². The van der Waals surface area contributed by atoms with Crippen molar-refractivity contribution in [2.24, 2.45) is 11.0 Å². The fraction of sp³-hybridized carbons (Fsp3) is 0.583. The molecule has 36 heavy (non-hydrogen) atoms. The zero-order valence-corrected chi connectivity index (χ0v) is 20.8. The van der Waals surface area contributed by atoms with Crippen molar-refractivity contribution >= 4 is 22.6 Å². The molecule has 1 aliphatic heterocycles. The molecule has 1 saturated heterocycles. The van der Waals surface area contributed by atoms with Crippen LogP contribution in [0.25, 0.3) is 21.3 Å². The molecule has 9 nitrogen and oxygen atoms in total. The van der Waals surface area contributed by atoms with E-state index in [-0.39, 0.29) is 36.7 Å². The van der Waals surface area contributed by atoms with Gasteiger partial charge in [0.15, 0.2) is 17.5 Å². The van der Waals surface area contributed by atoms with E-state index in [4.69, 9.17) is 5.53 Å². The number of nitrogens with zero attached hydrogens (tertiary/aromatic N) is 5. The predicted octanol–water partition coefficient (Wildman–Crippen LogP) is 4.98. The Morgan fingerprint density at radius 3 is 2.31 bits per heavy atom. The molecule has 2 N–H and O–H groups in total. The van der Waals surface area contributed by atoms with Gasteiger partial charge in [0, 0.05) is 48.9 Å². The number of benzene rings is 1. The lowest BCUT2D eigenvalue weighted by Gasteiger charge is -2.38. The summed E-state index contributed by atoms with van der Waals surface area (Å²) in [6, 6.07) is -0.378. The highest BCUT2D eigenvalue weighted by Crippen LogP contribution is 2.40. The van der Waals surface area contributed by atoms with Gasteiger partial charge >= 0.3 is 5.97 Å². The first-order valence-corrected chi connectivity index (χ1v) is 12.0. The number of aromatic nitrogens is 1. The summed E-state index contributed by atoms with van der Waals surface area (Å²) in [7, 11) is 0. The van der Waals surface area contributed by atoms with Gasteiger partial charge in [0.25, 0.3) is 0 Å². The summed E-state index contributed by atoms with van der Waals surface area (Å²) in [4.78, 5) is 27.9. The second-order valence-corrected chi connectivity index (χ2v) is 9.84. The molecule has 2 heterocycles. The first-order chi connectivity index (χ1) is 17.0. The van der Waals surface area contributed by atoms with Crippen molar-refractivity contribution in [2.75, 3.05) is 24.5 Å². The Morgan fingerprint density at radius 1 is 1.19 bits per heavy atom. The number of aromatic carboxylic acids is 1. The molecule has 2 atom stereocenters. The van der Waals surface area contributed by atoms with Crippen molar-refractivity contribution in [3.63, 3.8) is 0 Å². The summed E-state index contributed by atoms with van der Waals surface area (Å²) in [6.45, 7) is 9.09. The van der Waals surface area contributed by atoms with Gasteiger partial charge in [-0.1, -0.05) is 19.0 Å². The molecule has 0 bridgehead atoms. The molecule has 0 unspecified atom stereocenters. The highest BCUT2D eigenvalue weighted by atomic mass is 19.2. The molecule has 4 rings (SSSR count). The van der Waals surface area contributed by atoms with E-state index >= 15 is 4.39 Å². The minimum absolute atomic E-state index is 0.0682. The van der Waals surface area contributed by atoms with Gasteiger partial charge < -0.3 is 19.9 Å². The third-order valence-corrected chi connectivity index (χ3v) is 6.18. The van der Waals surface area contributed by atoms with Crippen molar-refractivity contribution in [2.45, 2.75) is 65.1 Å². The Morgan fingerprint density at radius 2 is 1.81 bits per heavy atom. The SMILES string of the molecule is CC(C)CCN=[N+]=[N-].C[C@@H]1CN(c2c(F)c(F)c3c(=O)c(C(=O)O)cn(C4CC4)c3c2F)C[C@H](C)N1. The second-order valence-electron chi connectivity index (χ2n) is 9.84. The number of anilines is 1. The number of azide groups is 1. The fourth-order valence-corrected chi connectivity index (χ4v) is 4.42.